The highest BCUT2D eigenvalue weighted by Crippen LogP contribution is 2.42. The lowest BCUT2D eigenvalue weighted by Crippen LogP contribution is -2.46. The molecule has 6 nitrogen and oxygen atoms in total. The molecule has 1 aromatic rings. The number of rotatable bonds is 4. The van der Waals surface area contributed by atoms with Gasteiger partial charge in [0.05, 0.1) is 36.0 Å². The van der Waals surface area contributed by atoms with Crippen LogP contribution < -0.4 is 9.80 Å². The van der Waals surface area contributed by atoms with Crippen molar-refractivity contribution in [1.82, 2.24) is 9.97 Å². The van der Waals surface area contributed by atoms with Crippen molar-refractivity contribution in [3.63, 3.8) is 0 Å². The predicted molar refractivity (Wildman–Crippen MR) is 106 cm³/mol. The van der Waals surface area contributed by atoms with E-state index < -0.39 is 0 Å². The molecule has 0 N–H and O–H groups in total. The largest absolute Gasteiger partial charge is 0.374 e. The van der Waals surface area contributed by atoms with Crippen LogP contribution in [0.3, 0.4) is 0 Å². The van der Waals surface area contributed by atoms with Gasteiger partial charge in [0.15, 0.2) is 0 Å². The van der Waals surface area contributed by atoms with E-state index in [1.54, 1.807) is 0 Å². The van der Waals surface area contributed by atoms with Gasteiger partial charge in [0, 0.05) is 38.4 Å². The third kappa shape index (κ3) is 3.32. The van der Waals surface area contributed by atoms with Crippen molar-refractivity contribution < 1.29 is 9.47 Å². The van der Waals surface area contributed by atoms with Crippen LogP contribution in [0.25, 0.3) is 0 Å². The summed E-state index contributed by atoms with van der Waals surface area (Å²) in [5.41, 5.74) is 1.25. The maximum absolute atomic E-state index is 6.05. The summed E-state index contributed by atoms with van der Waals surface area (Å²) in [6.07, 6.45) is 7.13. The second-order valence-electron chi connectivity index (χ2n) is 8.61. The van der Waals surface area contributed by atoms with Gasteiger partial charge in [-0.25, -0.2) is 4.98 Å². The Morgan fingerprint density at radius 2 is 1.52 bits per heavy atom. The Morgan fingerprint density at radius 1 is 0.852 bits per heavy atom. The molecule has 1 aromatic heterocycles. The van der Waals surface area contributed by atoms with Crippen molar-refractivity contribution in [2.24, 2.45) is 11.8 Å². The maximum Gasteiger partial charge on any atom is 0.227 e. The zero-order chi connectivity index (χ0) is 17.8. The van der Waals surface area contributed by atoms with E-state index in [-0.39, 0.29) is 0 Å². The van der Waals surface area contributed by atoms with E-state index in [0.29, 0.717) is 12.2 Å². The van der Waals surface area contributed by atoms with Crippen LogP contribution >= 0.6 is 11.8 Å². The molecule has 2 aliphatic carbocycles. The molecule has 0 bridgehead atoms. The standard InChI is InChI=1S/C20H28N4O2S/c1-2-13(1)16-11-23(6-8-25-16)19-18-15(5-10-27-18)21-20(22-19)24-7-9-26-17(12-24)14-3-4-14/h13-14,16-17H,1-12H2. The predicted octanol–water partition coefficient (Wildman–Crippen LogP) is 2.36. The van der Waals surface area contributed by atoms with Gasteiger partial charge in [0.1, 0.15) is 5.82 Å². The molecule has 6 rings (SSSR count). The van der Waals surface area contributed by atoms with Crippen LogP contribution in [0.2, 0.25) is 0 Å². The molecular formula is C20H28N4O2S. The molecule has 4 fully saturated rings. The molecule has 2 saturated heterocycles. The monoisotopic (exact) mass is 388 g/mol. The van der Waals surface area contributed by atoms with Gasteiger partial charge < -0.3 is 19.3 Å². The smallest absolute Gasteiger partial charge is 0.227 e. The second-order valence-corrected chi connectivity index (χ2v) is 9.71. The first kappa shape index (κ1) is 16.9. The Kier molecular flexibility index (Phi) is 4.23. The van der Waals surface area contributed by atoms with Crippen molar-refractivity contribution in [3.8, 4) is 0 Å². The van der Waals surface area contributed by atoms with Crippen molar-refractivity contribution in [3.05, 3.63) is 5.69 Å². The molecule has 7 heteroatoms. The van der Waals surface area contributed by atoms with Crippen LogP contribution in [-0.4, -0.2) is 67.3 Å². The molecule has 0 amide bonds. The summed E-state index contributed by atoms with van der Waals surface area (Å²) < 4.78 is 12.1. The molecule has 4 heterocycles. The number of hydrogen-bond acceptors (Lipinski definition) is 7. The quantitative estimate of drug-likeness (QED) is 0.785. The van der Waals surface area contributed by atoms with Crippen LogP contribution in [0.5, 0.6) is 0 Å². The molecule has 3 aliphatic heterocycles. The molecule has 2 atom stereocenters. The summed E-state index contributed by atoms with van der Waals surface area (Å²) >= 11 is 1.93. The van der Waals surface area contributed by atoms with Gasteiger partial charge in [-0.15, -0.1) is 11.8 Å². The van der Waals surface area contributed by atoms with E-state index in [9.17, 15) is 0 Å². The topological polar surface area (TPSA) is 50.7 Å². The van der Waals surface area contributed by atoms with Crippen LogP contribution in [-0.2, 0) is 15.9 Å². The number of anilines is 2. The van der Waals surface area contributed by atoms with Crippen molar-refractivity contribution in [2.45, 2.75) is 49.2 Å². The van der Waals surface area contributed by atoms with Gasteiger partial charge in [-0.05, 0) is 37.5 Å². The lowest BCUT2D eigenvalue weighted by atomic mass is 10.2. The first-order valence-electron chi connectivity index (χ1n) is 10.6. The van der Waals surface area contributed by atoms with Gasteiger partial charge in [-0.2, -0.15) is 4.98 Å². The summed E-state index contributed by atoms with van der Waals surface area (Å²) in [6.45, 7) is 5.41. The highest BCUT2D eigenvalue weighted by molar-refractivity contribution is 7.99. The normalized spacial score (nSPS) is 31.3. The maximum atomic E-state index is 6.05. The van der Waals surface area contributed by atoms with E-state index in [2.05, 4.69) is 9.80 Å². The Hall–Kier alpha value is -1.05. The SMILES string of the molecule is C1CN(c2nc3c(c(N4CCOC(C5CC5)C4)n2)SCC3)CC(C2CC2)O1. The van der Waals surface area contributed by atoms with E-state index in [1.807, 2.05) is 11.8 Å². The second kappa shape index (κ2) is 6.78. The van der Waals surface area contributed by atoms with E-state index in [0.717, 1.165) is 69.4 Å². The number of nitrogens with zero attached hydrogens (tertiary/aromatic N) is 4. The molecule has 0 aromatic carbocycles. The molecule has 5 aliphatic rings. The average Bonchev–Trinajstić information content (AvgIpc) is 3.64. The Bertz CT molecular complexity index is 724. The summed E-state index contributed by atoms with van der Waals surface area (Å²) in [6, 6.07) is 0. The lowest BCUT2D eigenvalue weighted by Gasteiger charge is -2.36. The molecule has 0 spiro atoms. The van der Waals surface area contributed by atoms with Crippen LogP contribution in [0.15, 0.2) is 4.90 Å². The fraction of sp³-hybridized carbons (Fsp3) is 0.800. The Labute approximate surface area is 165 Å². The summed E-state index contributed by atoms with van der Waals surface area (Å²) in [4.78, 5) is 16.3. The van der Waals surface area contributed by atoms with Crippen molar-refractivity contribution in [2.75, 3.05) is 54.9 Å². The molecular weight excluding hydrogens is 360 g/mol. The van der Waals surface area contributed by atoms with Crippen LogP contribution in [0.4, 0.5) is 11.8 Å². The fourth-order valence-corrected chi connectivity index (χ4v) is 5.74. The number of fused-ring (bicyclic) bond motifs is 1. The molecule has 0 radical (unpaired) electrons. The van der Waals surface area contributed by atoms with E-state index >= 15 is 0 Å². The molecule has 146 valence electrons. The van der Waals surface area contributed by atoms with Gasteiger partial charge in [0.2, 0.25) is 5.95 Å². The number of aromatic nitrogens is 2. The molecule has 2 saturated carbocycles. The number of aryl methyl sites for hydroxylation is 1. The molecule has 2 unspecified atom stereocenters. The van der Waals surface area contributed by atoms with Crippen molar-refractivity contribution in [1.29, 1.82) is 0 Å². The number of thioether (sulfide) groups is 1. The van der Waals surface area contributed by atoms with Gasteiger partial charge in [-0.3, -0.25) is 0 Å². The summed E-state index contributed by atoms with van der Waals surface area (Å²) in [5.74, 6) is 4.75. The van der Waals surface area contributed by atoms with E-state index in [4.69, 9.17) is 19.4 Å². The third-order valence-electron chi connectivity index (χ3n) is 6.56. The van der Waals surface area contributed by atoms with Crippen molar-refractivity contribution >= 4 is 23.5 Å². The summed E-state index contributed by atoms with van der Waals surface area (Å²) in [7, 11) is 0. The summed E-state index contributed by atoms with van der Waals surface area (Å²) in [5, 5.41) is 0. The zero-order valence-electron chi connectivity index (χ0n) is 15.8. The number of morpholine rings is 2. The third-order valence-corrected chi connectivity index (χ3v) is 7.67. The molecule has 27 heavy (non-hydrogen) atoms. The van der Waals surface area contributed by atoms with Gasteiger partial charge >= 0.3 is 0 Å². The minimum Gasteiger partial charge on any atom is -0.374 e. The van der Waals surface area contributed by atoms with Gasteiger partial charge in [0.25, 0.3) is 0 Å². The lowest BCUT2D eigenvalue weighted by molar-refractivity contribution is 0.0252. The minimum atomic E-state index is 0.371. The number of hydrogen-bond donors (Lipinski definition) is 0. The van der Waals surface area contributed by atoms with Crippen LogP contribution in [0, 0.1) is 11.8 Å². The van der Waals surface area contributed by atoms with E-state index in [1.165, 1.54) is 42.1 Å². The first-order valence-corrected chi connectivity index (χ1v) is 11.6. The average molecular weight is 389 g/mol. The van der Waals surface area contributed by atoms with Crippen LogP contribution in [0.1, 0.15) is 31.4 Å². The Morgan fingerprint density at radius 3 is 2.22 bits per heavy atom. The first-order chi connectivity index (χ1) is 13.3. The minimum absolute atomic E-state index is 0.371. The number of ether oxygens (including phenoxy) is 2. The zero-order valence-corrected chi connectivity index (χ0v) is 16.6. The fourth-order valence-electron chi connectivity index (χ4n) is 4.63. The Balaban J connectivity index is 1.29. The highest BCUT2D eigenvalue weighted by atomic mass is 32.2. The highest BCUT2D eigenvalue weighted by Gasteiger charge is 2.38. The van der Waals surface area contributed by atoms with Gasteiger partial charge in [-0.1, -0.05) is 0 Å².